The summed E-state index contributed by atoms with van der Waals surface area (Å²) in [6.07, 6.45) is 5.87. The van der Waals surface area contributed by atoms with Crippen LogP contribution in [-0.2, 0) is 14.8 Å². The Morgan fingerprint density at radius 1 is 1.24 bits per heavy atom. The normalized spacial score (nSPS) is 23.5. The van der Waals surface area contributed by atoms with Gasteiger partial charge in [-0.05, 0) is 55.2 Å². The number of aromatic nitrogens is 1. The summed E-state index contributed by atoms with van der Waals surface area (Å²) in [6, 6.07) is 8.17. The van der Waals surface area contributed by atoms with E-state index in [9.17, 15) is 18.3 Å². The first kappa shape index (κ1) is 24.6. The number of likely N-dealkylation sites (N-methyl/N-ethyl adjacent to an activating group) is 1. The molecule has 1 aliphatic heterocycles. The van der Waals surface area contributed by atoms with Crippen LogP contribution in [0.3, 0.4) is 0 Å². The largest absolute Gasteiger partial charge is 0.487 e. The molecule has 2 heterocycles. The number of hydrogen-bond donors (Lipinski definition) is 1. The number of aliphatic hydroxyl groups is 1. The Bertz CT molecular complexity index is 1120. The monoisotopic (exact) mass is 487 g/mol. The maximum atomic E-state index is 13.6. The summed E-state index contributed by atoms with van der Waals surface area (Å²) in [7, 11) is -2.12. The quantitative estimate of drug-likeness (QED) is 0.673. The summed E-state index contributed by atoms with van der Waals surface area (Å²) in [5.41, 5.74) is 1.70. The molecule has 0 radical (unpaired) electrons. The second kappa shape index (κ2) is 10.0. The van der Waals surface area contributed by atoms with Crippen LogP contribution in [0.15, 0.2) is 47.6 Å². The molecule has 1 N–H and O–H groups in total. The van der Waals surface area contributed by atoms with E-state index >= 15 is 0 Å². The van der Waals surface area contributed by atoms with E-state index < -0.39 is 22.2 Å². The summed E-state index contributed by atoms with van der Waals surface area (Å²) in [6.45, 7) is 3.88. The van der Waals surface area contributed by atoms with Gasteiger partial charge in [0, 0.05) is 43.9 Å². The number of aliphatic hydroxyl groups excluding tert-OH is 1. The van der Waals surface area contributed by atoms with Crippen molar-refractivity contribution in [2.75, 3.05) is 26.7 Å². The Kier molecular flexibility index (Phi) is 7.25. The summed E-state index contributed by atoms with van der Waals surface area (Å²) in [5.74, 6) is 0.234. The molecule has 0 unspecified atom stereocenters. The lowest BCUT2D eigenvalue weighted by Crippen LogP contribution is -2.50. The molecule has 1 saturated carbocycles. The maximum absolute atomic E-state index is 13.6. The number of hydrogen-bond acceptors (Lipinski definition) is 6. The molecule has 34 heavy (non-hydrogen) atoms. The third-order valence-electron chi connectivity index (χ3n) is 6.97. The number of ether oxygens (including phenoxy) is 1. The van der Waals surface area contributed by atoms with Gasteiger partial charge in [0.15, 0.2) is 0 Å². The van der Waals surface area contributed by atoms with Gasteiger partial charge in [0.05, 0.1) is 13.2 Å². The number of benzene rings is 1. The third kappa shape index (κ3) is 4.82. The van der Waals surface area contributed by atoms with Crippen LogP contribution in [0.25, 0.3) is 11.1 Å². The lowest BCUT2D eigenvalue weighted by atomic mass is 9.84. The highest BCUT2D eigenvalue weighted by atomic mass is 32.2. The highest BCUT2D eigenvalue weighted by Gasteiger charge is 2.39. The van der Waals surface area contributed by atoms with Crippen molar-refractivity contribution >= 4 is 15.9 Å². The highest BCUT2D eigenvalue weighted by molar-refractivity contribution is 7.89. The average molecular weight is 488 g/mol. The molecule has 3 atom stereocenters. The van der Waals surface area contributed by atoms with Gasteiger partial charge < -0.3 is 14.7 Å². The average Bonchev–Trinajstić information content (AvgIpc) is 2.79. The molecular weight excluding hydrogens is 454 g/mol. The van der Waals surface area contributed by atoms with Gasteiger partial charge in [0.1, 0.15) is 16.7 Å². The molecule has 0 spiro atoms. The minimum absolute atomic E-state index is 0.0653. The molecule has 2 aliphatic rings. The Hall–Kier alpha value is -2.49. The summed E-state index contributed by atoms with van der Waals surface area (Å²) < 4.78 is 34.9. The Labute approximate surface area is 201 Å². The molecule has 184 valence electrons. The zero-order chi connectivity index (χ0) is 24.5. The molecule has 4 rings (SSSR count). The van der Waals surface area contributed by atoms with E-state index in [4.69, 9.17) is 4.74 Å². The van der Waals surface area contributed by atoms with Gasteiger partial charge in [-0.1, -0.05) is 19.4 Å². The lowest BCUT2D eigenvalue weighted by molar-refractivity contribution is -0.138. The van der Waals surface area contributed by atoms with Crippen LogP contribution in [-0.4, -0.2) is 72.5 Å². The molecule has 8 nitrogen and oxygen atoms in total. The van der Waals surface area contributed by atoms with Crippen LogP contribution in [0.1, 0.15) is 33.1 Å². The third-order valence-corrected chi connectivity index (χ3v) is 8.98. The van der Waals surface area contributed by atoms with E-state index in [-0.39, 0.29) is 41.5 Å². The molecular formula is C25H33N3O5S. The van der Waals surface area contributed by atoms with Crippen LogP contribution in [0.4, 0.5) is 0 Å². The van der Waals surface area contributed by atoms with Crippen molar-refractivity contribution in [2.24, 2.45) is 11.8 Å². The molecule has 1 aromatic carbocycles. The van der Waals surface area contributed by atoms with Gasteiger partial charge in [-0.2, -0.15) is 4.31 Å². The van der Waals surface area contributed by atoms with E-state index in [0.717, 1.165) is 30.4 Å². The van der Waals surface area contributed by atoms with Crippen LogP contribution in [0.5, 0.6) is 5.75 Å². The minimum atomic E-state index is -3.91. The predicted octanol–water partition coefficient (Wildman–Crippen LogP) is 2.78. The van der Waals surface area contributed by atoms with E-state index in [0.29, 0.717) is 6.54 Å². The van der Waals surface area contributed by atoms with Crippen molar-refractivity contribution in [3.05, 3.63) is 42.7 Å². The zero-order valence-electron chi connectivity index (χ0n) is 19.9. The van der Waals surface area contributed by atoms with Crippen molar-refractivity contribution in [1.82, 2.24) is 14.2 Å². The summed E-state index contributed by atoms with van der Waals surface area (Å²) >= 11 is 0. The molecule has 1 aromatic heterocycles. The van der Waals surface area contributed by atoms with Crippen LogP contribution in [0, 0.1) is 11.8 Å². The van der Waals surface area contributed by atoms with Crippen molar-refractivity contribution in [3.63, 3.8) is 0 Å². The number of nitrogens with zero attached hydrogens (tertiary/aromatic N) is 3. The number of sulfonamides is 1. The van der Waals surface area contributed by atoms with Gasteiger partial charge in [0.2, 0.25) is 15.9 Å². The second-order valence-electron chi connectivity index (χ2n) is 9.48. The predicted molar refractivity (Wildman–Crippen MR) is 129 cm³/mol. The first-order valence-electron chi connectivity index (χ1n) is 11.8. The fourth-order valence-electron chi connectivity index (χ4n) is 4.49. The number of fused-ring (bicyclic) bond motifs is 1. The Morgan fingerprint density at radius 3 is 2.56 bits per heavy atom. The van der Waals surface area contributed by atoms with E-state index in [1.165, 1.54) is 4.31 Å². The van der Waals surface area contributed by atoms with Crippen LogP contribution < -0.4 is 4.74 Å². The van der Waals surface area contributed by atoms with Gasteiger partial charge >= 0.3 is 0 Å². The highest BCUT2D eigenvalue weighted by Crippen LogP contribution is 2.37. The number of pyridine rings is 1. The zero-order valence-corrected chi connectivity index (χ0v) is 20.7. The van der Waals surface area contributed by atoms with E-state index in [1.54, 1.807) is 49.5 Å². The number of carbonyl (C=O) groups excluding carboxylic acids is 1. The smallest absolute Gasteiger partial charge is 0.247 e. The first-order chi connectivity index (χ1) is 16.2. The van der Waals surface area contributed by atoms with Gasteiger partial charge in [0.25, 0.3) is 0 Å². The van der Waals surface area contributed by atoms with Crippen molar-refractivity contribution in [2.45, 2.75) is 50.2 Å². The maximum Gasteiger partial charge on any atom is 0.247 e. The SMILES string of the molecule is C[C@H](CO)N1C[C@H](C)[C@H](CN(C)C(=O)C2CCC2)Oc2cc(-c3ccncc3)ccc2S1(=O)=O. The molecule has 0 bridgehead atoms. The molecule has 9 heteroatoms. The summed E-state index contributed by atoms with van der Waals surface area (Å²) in [5, 5.41) is 9.79. The Morgan fingerprint density at radius 2 is 1.94 bits per heavy atom. The molecule has 1 fully saturated rings. The van der Waals surface area contributed by atoms with E-state index in [1.807, 2.05) is 19.1 Å². The van der Waals surface area contributed by atoms with Crippen LogP contribution in [0.2, 0.25) is 0 Å². The van der Waals surface area contributed by atoms with Crippen molar-refractivity contribution < 1.29 is 23.1 Å². The topological polar surface area (TPSA) is 100 Å². The number of rotatable bonds is 6. The fraction of sp³-hybridized carbons (Fsp3) is 0.520. The fourth-order valence-corrected chi connectivity index (χ4v) is 6.32. The molecule has 2 aromatic rings. The van der Waals surface area contributed by atoms with E-state index in [2.05, 4.69) is 4.98 Å². The standard InChI is InChI=1S/C25H33N3O5S/c1-17-14-28(18(2)16-29)34(31,32)24-8-7-21(19-9-11-26-12-10-19)13-22(24)33-23(17)15-27(3)25(30)20-5-4-6-20/h7-13,17-18,20,23,29H,4-6,14-16H2,1-3H3/t17-,18+,23-/m0/s1. The van der Waals surface area contributed by atoms with Gasteiger partial charge in [-0.15, -0.1) is 0 Å². The first-order valence-corrected chi connectivity index (χ1v) is 13.2. The van der Waals surface area contributed by atoms with Gasteiger partial charge in [-0.3, -0.25) is 9.78 Å². The molecule has 1 amide bonds. The number of amides is 1. The van der Waals surface area contributed by atoms with Gasteiger partial charge in [-0.25, -0.2) is 8.42 Å². The van der Waals surface area contributed by atoms with Crippen molar-refractivity contribution in [3.8, 4) is 16.9 Å². The molecule has 0 saturated heterocycles. The molecule has 1 aliphatic carbocycles. The second-order valence-corrected chi connectivity index (χ2v) is 11.3. The Balaban J connectivity index is 1.74. The van der Waals surface area contributed by atoms with Crippen molar-refractivity contribution in [1.29, 1.82) is 0 Å². The lowest BCUT2D eigenvalue weighted by Gasteiger charge is -2.38. The minimum Gasteiger partial charge on any atom is -0.487 e. The number of carbonyl (C=O) groups is 1. The summed E-state index contributed by atoms with van der Waals surface area (Å²) in [4.78, 5) is 18.6. The van der Waals surface area contributed by atoms with Crippen LogP contribution >= 0.6 is 0 Å².